The maximum absolute atomic E-state index is 11.7. The van der Waals surface area contributed by atoms with Crippen molar-refractivity contribution in [1.82, 2.24) is 9.87 Å². The Kier molecular flexibility index (Phi) is 5.07. The van der Waals surface area contributed by atoms with Crippen molar-refractivity contribution in [2.45, 2.75) is 12.8 Å². The Morgan fingerprint density at radius 3 is 2.47 bits per heavy atom. The van der Waals surface area contributed by atoms with Crippen molar-refractivity contribution in [3.8, 4) is 0 Å². The molecule has 0 aromatic carbocycles. The van der Waals surface area contributed by atoms with Gasteiger partial charge in [0.05, 0.1) is 7.11 Å². The highest BCUT2D eigenvalue weighted by molar-refractivity contribution is 6.23. The maximum atomic E-state index is 11.7. The van der Waals surface area contributed by atoms with Crippen molar-refractivity contribution >= 4 is 13.5 Å². The van der Waals surface area contributed by atoms with Gasteiger partial charge in [-0.3, -0.25) is 9.63 Å². The zero-order chi connectivity index (χ0) is 11.3. The summed E-state index contributed by atoms with van der Waals surface area (Å²) in [7, 11) is 6.50. The van der Waals surface area contributed by atoms with Crippen LogP contribution < -0.4 is 0 Å². The summed E-state index contributed by atoms with van der Waals surface area (Å²) in [6.45, 7) is 1.73. The fourth-order valence-electron chi connectivity index (χ4n) is 1.75. The maximum Gasteiger partial charge on any atom is 0.398 e. The van der Waals surface area contributed by atoms with Crippen LogP contribution >= 0.6 is 0 Å². The third-order valence-corrected chi connectivity index (χ3v) is 2.72. The molecule has 5 nitrogen and oxygen atoms in total. The molecule has 1 heterocycles. The average molecular weight is 213 g/mol. The number of piperidine rings is 1. The van der Waals surface area contributed by atoms with E-state index in [1.807, 2.05) is 0 Å². The molecular formula is C9H18BN2O3. The minimum atomic E-state index is 0.0644. The summed E-state index contributed by atoms with van der Waals surface area (Å²) in [6, 6.07) is 0. The summed E-state index contributed by atoms with van der Waals surface area (Å²) in [5.41, 5.74) is 0. The van der Waals surface area contributed by atoms with Crippen LogP contribution in [-0.4, -0.2) is 57.8 Å². The van der Waals surface area contributed by atoms with Crippen LogP contribution in [0.3, 0.4) is 0 Å². The summed E-state index contributed by atoms with van der Waals surface area (Å²) < 4.78 is 4.93. The standard InChI is InChI=1S/C9H18BN2O3/c1-11(15-3)9(13)8-4-6-12(7-5-8)10-14-2/h8H,4-7H2,1-3H3. The number of carbonyl (C=O) groups is 1. The van der Waals surface area contributed by atoms with Crippen LogP contribution in [-0.2, 0) is 14.3 Å². The first-order valence-corrected chi connectivity index (χ1v) is 5.11. The molecule has 0 bridgehead atoms. The molecule has 0 N–H and O–H groups in total. The number of hydrogen-bond donors (Lipinski definition) is 0. The highest BCUT2D eigenvalue weighted by Gasteiger charge is 2.27. The van der Waals surface area contributed by atoms with Crippen LogP contribution in [0.1, 0.15) is 12.8 Å². The molecule has 1 radical (unpaired) electrons. The van der Waals surface area contributed by atoms with E-state index in [9.17, 15) is 4.79 Å². The molecule has 0 spiro atoms. The molecule has 85 valence electrons. The zero-order valence-corrected chi connectivity index (χ0v) is 9.60. The lowest BCUT2D eigenvalue weighted by Crippen LogP contribution is -2.42. The molecule has 6 heteroatoms. The summed E-state index contributed by atoms with van der Waals surface area (Å²) in [6.07, 6.45) is 1.71. The molecule has 0 aromatic rings. The first-order valence-electron chi connectivity index (χ1n) is 5.11. The van der Waals surface area contributed by atoms with Crippen LogP contribution in [0.15, 0.2) is 0 Å². The second kappa shape index (κ2) is 6.10. The van der Waals surface area contributed by atoms with Gasteiger partial charge in [0.1, 0.15) is 0 Å². The molecule has 0 unspecified atom stereocenters. The largest absolute Gasteiger partial charge is 0.427 e. The van der Waals surface area contributed by atoms with E-state index in [-0.39, 0.29) is 11.8 Å². The highest BCUT2D eigenvalue weighted by Crippen LogP contribution is 2.18. The molecule has 1 amide bonds. The molecule has 1 rings (SSSR count). The van der Waals surface area contributed by atoms with Crippen molar-refractivity contribution < 1.29 is 14.3 Å². The van der Waals surface area contributed by atoms with Gasteiger partial charge in [-0.1, -0.05) is 0 Å². The molecule has 1 aliphatic rings. The van der Waals surface area contributed by atoms with Crippen molar-refractivity contribution in [3.63, 3.8) is 0 Å². The van der Waals surface area contributed by atoms with E-state index in [0.29, 0.717) is 0 Å². The Morgan fingerprint density at radius 1 is 1.40 bits per heavy atom. The molecule has 1 fully saturated rings. The molecular weight excluding hydrogens is 195 g/mol. The molecule has 0 saturated carbocycles. The summed E-state index contributed by atoms with van der Waals surface area (Å²) in [5.74, 6) is 0.144. The predicted octanol–water partition coefficient (Wildman–Crippen LogP) is -0.101. The minimum Gasteiger partial charge on any atom is -0.427 e. The van der Waals surface area contributed by atoms with Crippen molar-refractivity contribution in [3.05, 3.63) is 0 Å². The first-order chi connectivity index (χ1) is 7.19. The smallest absolute Gasteiger partial charge is 0.398 e. The Balaban J connectivity index is 2.33. The van der Waals surface area contributed by atoms with E-state index in [1.54, 1.807) is 21.8 Å². The lowest BCUT2D eigenvalue weighted by atomic mass is 9.93. The average Bonchev–Trinajstić information content (AvgIpc) is 2.28. The first kappa shape index (κ1) is 12.5. The van der Waals surface area contributed by atoms with Crippen LogP contribution in [0, 0.1) is 5.92 Å². The topological polar surface area (TPSA) is 42.0 Å². The van der Waals surface area contributed by atoms with Gasteiger partial charge in [-0.15, -0.1) is 0 Å². The molecule has 1 aliphatic heterocycles. The Hall–Kier alpha value is -0.585. The van der Waals surface area contributed by atoms with Crippen LogP contribution in [0.4, 0.5) is 0 Å². The van der Waals surface area contributed by atoms with E-state index in [4.69, 9.17) is 9.49 Å². The molecule has 0 atom stereocenters. The Bertz CT molecular complexity index is 208. The lowest BCUT2D eigenvalue weighted by molar-refractivity contribution is -0.174. The number of amides is 1. The molecule has 0 aromatic heterocycles. The molecule has 1 saturated heterocycles. The van der Waals surface area contributed by atoms with Crippen molar-refractivity contribution in [2.75, 3.05) is 34.4 Å². The van der Waals surface area contributed by atoms with E-state index in [1.165, 1.54) is 12.2 Å². The minimum absolute atomic E-state index is 0.0644. The fraction of sp³-hybridized carbons (Fsp3) is 0.889. The number of hydroxylamine groups is 2. The van der Waals surface area contributed by atoms with Gasteiger partial charge in [0, 0.05) is 20.1 Å². The molecule has 15 heavy (non-hydrogen) atoms. The lowest BCUT2D eigenvalue weighted by Gasteiger charge is -2.31. The third-order valence-electron chi connectivity index (χ3n) is 2.72. The quantitative estimate of drug-likeness (QED) is 0.483. The Morgan fingerprint density at radius 2 is 2.00 bits per heavy atom. The van der Waals surface area contributed by atoms with E-state index in [0.717, 1.165) is 25.9 Å². The summed E-state index contributed by atoms with van der Waals surface area (Å²) in [4.78, 5) is 18.7. The van der Waals surface area contributed by atoms with Crippen LogP contribution in [0.25, 0.3) is 0 Å². The van der Waals surface area contributed by atoms with E-state index >= 15 is 0 Å². The summed E-state index contributed by atoms with van der Waals surface area (Å²) >= 11 is 0. The van der Waals surface area contributed by atoms with Gasteiger partial charge in [0.25, 0.3) is 0 Å². The third kappa shape index (κ3) is 3.48. The number of nitrogens with zero attached hydrogens (tertiary/aromatic N) is 2. The Labute approximate surface area is 91.6 Å². The zero-order valence-electron chi connectivity index (χ0n) is 9.60. The number of hydrogen-bond acceptors (Lipinski definition) is 4. The van der Waals surface area contributed by atoms with Gasteiger partial charge in [-0.05, 0) is 25.9 Å². The van der Waals surface area contributed by atoms with E-state index in [2.05, 4.69) is 4.81 Å². The second-order valence-corrected chi connectivity index (χ2v) is 3.67. The normalized spacial score (nSPS) is 18.9. The fourth-order valence-corrected chi connectivity index (χ4v) is 1.75. The van der Waals surface area contributed by atoms with Gasteiger partial charge < -0.3 is 9.47 Å². The summed E-state index contributed by atoms with van der Waals surface area (Å²) in [5, 5.41) is 1.31. The van der Waals surface area contributed by atoms with Gasteiger partial charge in [-0.25, -0.2) is 5.06 Å². The van der Waals surface area contributed by atoms with Crippen LogP contribution in [0.5, 0.6) is 0 Å². The van der Waals surface area contributed by atoms with Gasteiger partial charge >= 0.3 is 7.62 Å². The number of carbonyl (C=O) groups excluding carboxylic acids is 1. The second-order valence-electron chi connectivity index (χ2n) is 3.67. The van der Waals surface area contributed by atoms with Crippen molar-refractivity contribution in [1.29, 1.82) is 0 Å². The molecule has 0 aliphatic carbocycles. The highest BCUT2D eigenvalue weighted by atomic mass is 16.7. The van der Waals surface area contributed by atoms with Crippen LogP contribution in [0.2, 0.25) is 0 Å². The van der Waals surface area contributed by atoms with Gasteiger partial charge in [0.15, 0.2) is 0 Å². The van der Waals surface area contributed by atoms with Gasteiger partial charge in [0.2, 0.25) is 5.91 Å². The SMILES string of the molecule is CO[B]N1CCC(C(=O)N(C)OC)CC1. The van der Waals surface area contributed by atoms with Crippen molar-refractivity contribution in [2.24, 2.45) is 5.92 Å². The monoisotopic (exact) mass is 213 g/mol. The van der Waals surface area contributed by atoms with Gasteiger partial charge in [-0.2, -0.15) is 0 Å². The predicted molar refractivity (Wildman–Crippen MR) is 56.8 cm³/mol. The van der Waals surface area contributed by atoms with E-state index < -0.39 is 0 Å². The number of rotatable bonds is 4.